The number of ketones is 2. The number of carbonyl (C=O) groups excluding carboxylic acids is 3. The molecule has 1 saturated heterocycles. The number of aliphatic hydroxyl groups excluding tert-OH is 2. The molecule has 0 bridgehead atoms. The van der Waals surface area contributed by atoms with Crippen molar-refractivity contribution in [3.8, 4) is 5.75 Å². The van der Waals surface area contributed by atoms with E-state index in [1.807, 2.05) is 13.8 Å². The Morgan fingerprint density at radius 1 is 1.07 bits per heavy atom. The number of carbonyl (C=O) groups is 3. The highest BCUT2D eigenvalue weighted by Crippen LogP contribution is 2.54. The first-order valence-corrected chi connectivity index (χ1v) is 15.4. The number of phenolic OH excluding ortho intramolecular Hbond substituents is 1. The number of fused-ring (bicyclic) bond motifs is 3. The van der Waals surface area contributed by atoms with Gasteiger partial charge in [-0.25, -0.2) is 0 Å². The van der Waals surface area contributed by atoms with Crippen LogP contribution in [0.1, 0.15) is 62.6 Å². The second kappa shape index (κ2) is 11.6. The summed E-state index contributed by atoms with van der Waals surface area (Å²) in [4.78, 5) is 45.9. The number of anilines is 1. The molecule has 5 rings (SSSR count). The molecule has 1 aromatic rings. The van der Waals surface area contributed by atoms with Crippen LogP contribution >= 0.6 is 0 Å². The van der Waals surface area contributed by atoms with Crippen LogP contribution in [0.3, 0.4) is 0 Å². The first-order valence-electron chi connectivity index (χ1n) is 15.4. The van der Waals surface area contributed by atoms with Gasteiger partial charge in [-0.2, -0.15) is 0 Å². The lowest BCUT2D eigenvalue weighted by Gasteiger charge is -2.50. The summed E-state index contributed by atoms with van der Waals surface area (Å²) in [6.07, 6.45) is 4.97. The summed E-state index contributed by atoms with van der Waals surface area (Å²) in [7, 11) is 3.19. The van der Waals surface area contributed by atoms with E-state index in [2.05, 4.69) is 9.80 Å². The molecule has 4 aliphatic rings. The maximum absolute atomic E-state index is 14.2. The molecular formula is C32H44N4O7. The monoisotopic (exact) mass is 596 g/mol. The van der Waals surface area contributed by atoms with Crippen LogP contribution < -0.4 is 10.6 Å². The van der Waals surface area contributed by atoms with Gasteiger partial charge in [0.25, 0.3) is 5.91 Å². The van der Waals surface area contributed by atoms with Gasteiger partial charge >= 0.3 is 0 Å². The van der Waals surface area contributed by atoms with Crippen molar-refractivity contribution in [2.45, 2.75) is 70.6 Å². The number of rotatable bonds is 7. The second-order valence-corrected chi connectivity index (χ2v) is 12.6. The van der Waals surface area contributed by atoms with E-state index < -0.39 is 58.0 Å². The lowest BCUT2D eigenvalue weighted by Crippen LogP contribution is -2.65. The van der Waals surface area contributed by atoms with Crippen molar-refractivity contribution in [1.82, 2.24) is 9.80 Å². The van der Waals surface area contributed by atoms with Crippen LogP contribution in [0, 0.1) is 11.8 Å². The molecule has 0 spiro atoms. The number of nitrogens with two attached hydrogens (primary N) is 1. The molecule has 1 saturated carbocycles. The molecule has 2 fully saturated rings. The Morgan fingerprint density at radius 2 is 1.70 bits per heavy atom. The summed E-state index contributed by atoms with van der Waals surface area (Å²) in [6, 6.07) is 0.561. The average Bonchev–Trinajstić information content (AvgIpc) is 3.21. The van der Waals surface area contributed by atoms with E-state index in [-0.39, 0.29) is 29.7 Å². The average molecular weight is 597 g/mol. The molecule has 43 heavy (non-hydrogen) atoms. The number of nitrogens with zero attached hydrogens (tertiary/aromatic N) is 3. The second-order valence-electron chi connectivity index (χ2n) is 12.6. The number of phenols is 1. The molecule has 0 unspecified atom stereocenters. The predicted molar refractivity (Wildman–Crippen MR) is 162 cm³/mol. The smallest absolute Gasteiger partial charge is 0.255 e. The number of aromatic hydroxyl groups is 1. The summed E-state index contributed by atoms with van der Waals surface area (Å²) >= 11 is 0. The van der Waals surface area contributed by atoms with E-state index >= 15 is 0 Å². The van der Waals surface area contributed by atoms with Crippen molar-refractivity contribution in [2.24, 2.45) is 17.6 Å². The third-order valence-corrected chi connectivity index (χ3v) is 9.94. The van der Waals surface area contributed by atoms with Crippen molar-refractivity contribution >= 4 is 28.9 Å². The predicted octanol–water partition coefficient (Wildman–Crippen LogP) is 2.19. The number of Topliss-reactive ketones (excluding diaryl/α,β-unsaturated/α-hetero) is 2. The molecule has 3 aliphatic carbocycles. The van der Waals surface area contributed by atoms with E-state index in [0.717, 1.165) is 42.7 Å². The number of aliphatic hydroxyl groups is 3. The third-order valence-electron chi connectivity index (χ3n) is 9.94. The molecule has 234 valence electrons. The van der Waals surface area contributed by atoms with Gasteiger partial charge in [-0.1, -0.05) is 12.8 Å². The third kappa shape index (κ3) is 4.81. The van der Waals surface area contributed by atoms with Gasteiger partial charge in [-0.05, 0) is 89.8 Å². The molecule has 11 nitrogen and oxygen atoms in total. The highest BCUT2D eigenvalue weighted by atomic mass is 16.3. The standard InChI is InChI=1S/C32H44N4O7/c1-5-36(6-2)25-18(16-35-11-9-7-8-10-12-35)15-21(37)23-19(25)13-17-14-20-26(34(3)4)28(39)24(31(33)42)30(41)32(20,43)29(40)22(17)27(23)38/h15,17,20,26,37-38,41,43H,5-14,16H2,1-4H3,(H2,33,42)/t17-,20-,26-,32-/m0/s1. The van der Waals surface area contributed by atoms with Crippen molar-refractivity contribution in [3.05, 3.63) is 39.7 Å². The minimum Gasteiger partial charge on any atom is -0.508 e. The molecule has 1 aliphatic heterocycles. The summed E-state index contributed by atoms with van der Waals surface area (Å²) in [6.45, 7) is 8.05. The van der Waals surface area contributed by atoms with Crippen molar-refractivity contribution in [1.29, 1.82) is 0 Å². The maximum atomic E-state index is 14.2. The zero-order chi connectivity index (χ0) is 31.4. The molecule has 1 aromatic carbocycles. The fraction of sp³-hybridized carbons (Fsp3) is 0.594. The van der Waals surface area contributed by atoms with E-state index in [9.17, 15) is 34.8 Å². The molecule has 6 N–H and O–H groups in total. The van der Waals surface area contributed by atoms with Gasteiger partial charge in [0.15, 0.2) is 11.4 Å². The van der Waals surface area contributed by atoms with Gasteiger partial charge in [0.1, 0.15) is 22.8 Å². The van der Waals surface area contributed by atoms with Gasteiger partial charge in [0, 0.05) is 36.8 Å². The van der Waals surface area contributed by atoms with Gasteiger partial charge in [-0.15, -0.1) is 0 Å². The first kappa shape index (κ1) is 31.0. The molecule has 11 heteroatoms. The number of primary amides is 1. The van der Waals surface area contributed by atoms with Crippen molar-refractivity contribution < 1.29 is 34.8 Å². The van der Waals surface area contributed by atoms with Gasteiger partial charge < -0.3 is 31.1 Å². The molecule has 4 atom stereocenters. The Morgan fingerprint density at radius 3 is 2.26 bits per heavy atom. The minimum absolute atomic E-state index is 0.0700. The van der Waals surface area contributed by atoms with Gasteiger partial charge in [0.2, 0.25) is 5.78 Å². The van der Waals surface area contributed by atoms with Crippen LogP contribution in [0.4, 0.5) is 5.69 Å². The lowest BCUT2D eigenvalue weighted by molar-refractivity contribution is -0.153. The summed E-state index contributed by atoms with van der Waals surface area (Å²) in [5, 5.41) is 46.0. The Hall–Kier alpha value is -3.41. The SMILES string of the molecule is CCN(CC)c1c(CN2CCCCCC2)cc(O)c2c1C[C@H]1C[C@H]3[C@H](N(C)C)C(=O)C(C(N)=O)=C(O)[C@@]3(O)C(=O)C1=C2O. The number of hydrogen-bond donors (Lipinski definition) is 5. The Bertz CT molecular complexity index is 1400. The highest BCUT2D eigenvalue weighted by molar-refractivity contribution is 6.24. The number of likely N-dealkylation sites (tertiary alicyclic amines) is 1. The number of amides is 1. The van der Waals surface area contributed by atoms with Crippen LogP contribution in [0.5, 0.6) is 5.75 Å². The molecule has 1 amide bonds. The van der Waals surface area contributed by atoms with Crippen molar-refractivity contribution in [3.63, 3.8) is 0 Å². The van der Waals surface area contributed by atoms with Crippen molar-refractivity contribution in [2.75, 3.05) is 45.2 Å². The zero-order valence-electron chi connectivity index (χ0n) is 25.5. The number of hydrogen-bond acceptors (Lipinski definition) is 10. The molecule has 0 radical (unpaired) electrons. The Kier molecular flexibility index (Phi) is 8.36. The Labute approximate surface area is 252 Å². The van der Waals surface area contributed by atoms with E-state index in [4.69, 9.17) is 5.73 Å². The number of benzene rings is 1. The summed E-state index contributed by atoms with van der Waals surface area (Å²) < 4.78 is 0. The van der Waals surface area contributed by atoms with Gasteiger partial charge in [-0.3, -0.25) is 24.2 Å². The molecular weight excluding hydrogens is 552 g/mol. The number of likely N-dealkylation sites (N-methyl/N-ethyl adjacent to an activating group) is 1. The summed E-state index contributed by atoms with van der Waals surface area (Å²) in [5.41, 5.74) is 4.55. The van der Waals surface area contributed by atoms with Gasteiger partial charge in [0.05, 0.1) is 11.6 Å². The fourth-order valence-corrected chi connectivity index (χ4v) is 7.96. The van der Waals surface area contributed by atoms with E-state index in [1.54, 1.807) is 20.2 Å². The van der Waals surface area contributed by atoms with Crippen LogP contribution in [0.25, 0.3) is 5.76 Å². The lowest BCUT2D eigenvalue weighted by atomic mass is 9.57. The first-order chi connectivity index (χ1) is 20.4. The van der Waals surface area contributed by atoms with E-state index in [1.165, 1.54) is 17.7 Å². The topological polar surface area (TPSA) is 168 Å². The fourth-order valence-electron chi connectivity index (χ4n) is 7.96. The van der Waals surface area contributed by atoms with Crippen LogP contribution in [0.2, 0.25) is 0 Å². The normalized spacial score (nSPS) is 28.0. The largest absolute Gasteiger partial charge is 0.508 e. The van der Waals surface area contributed by atoms with Crippen LogP contribution in [-0.2, 0) is 27.3 Å². The quantitative estimate of drug-likeness (QED) is 0.294. The zero-order valence-corrected chi connectivity index (χ0v) is 25.5. The van der Waals surface area contributed by atoms with E-state index in [0.29, 0.717) is 19.6 Å². The molecule has 0 aromatic heterocycles. The summed E-state index contributed by atoms with van der Waals surface area (Å²) in [5.74, 6) is -6.41. The van der Waals surface area contributed by atoms with Crippen LogP contribution in [0.15, 0.2) is 23.0 Å². The highest BCUT2D eigenvalue weighted by Gasteiger charge is 2.64. The molecule has 1 heterocycles. The Balaban J connectivity index is 1.69. The minimum atomic E-state index is -2.64. The van der Waals surface area contributed by atoms with Crippen LogP contribution in [-0.4, -0.2) is 99.6 Å². The maximum Gasteiger partial charge on any atom is 0.255 e.